The van der Waals surface area contributed by atoms with Gasteiger partial charge in [-0.25, -0.2) is 0 Å². The molecular formula is C14H26O. The average molecular weight is 210 g/mol. The van der Waals surface area contributed by atoms with E-state index in [9.17, 15) is 5.11 Å². The molecule has 1 nitrogen and oxygen atoms in total. The highest BCUT2D eigenvalue weighted by Crippen LogP contribution is 2.38. The van der Waals surface area contributed by atoms with Gasteiger partial charge in [-0.15, -0.1) is 0 Å². The molecule has 0 radical (unpaired) electrons. The van der Waals surface area contributed by atoms with Crippen LogP contribution in [0.5, 0.6) is 0 Å². The fourth-order valence-corrected chi connectivity index (χ4v) is 1.89. The molecule has 0 saturated heterocycles. The van der Waals surface area contributed by atoms with Crippen LogP contribution in [0.15, 0.2) is 12.2 Å². The Hall–Kier alpha value is -0.300. The topological polar surface area (TPSA) is 20.2 Å². The molecule has 0 amide bonds. The minimum Gasteiger partial charge on any atom is -0.386 e. The van der Waals surface area contributed by atoms with Gasteiger partial charge >= 0.3 is 0 Å². The Labute approximate surface area is 94.6 Å². The molecule has 0 heterocycles. The van der Waals surface area contributed by atoms with Crippen LogP contribution in [0.25, 0.3) is 0 Å². The minimum absolute atomic E-state index is 0.272. The summed E-state index contributed by atoms with van der Waals surface area (Å²) < 4.78 is 0. The van der Waals surface area contributed by atoms with E-state index >= 15 is 0 Å². The van der Waals surface area contributed by atoms with Crippen LogP contribution in [0.3, 0.4) is 0 Å². The molecule has 1 aliphatic rings. The van der Waals surface area contributed by atoms with Gasteiger partial charge in [0.1, 0.15) is 0 Å². The van der Waals surface area contributed by atoms with Crippen molar-refractivity contribution in [2.75, 3.05) is 0 Å². The lowest BCUT2D eigenvalue weighted by atomic mass is 9.73. The Kier molecular flexibility index (Phi) is 3.35. The SMILES string of the molecule is CC(C)(C)CCC1(O)C=CC(C)(C)CC1. The predicted octanol–water partition coefficient (Wildman–Crippen LogP) is 3.92. The Morgan fingerprint density at radius 1 is 1.13 bits per heavy atom. The van der Waals surface area contributed by atoms with Gasteiger partial charge in [-0.3, -0.25) is 0 Å². The van der Waals surface area contributed by atoms with Crippen LogP contribution in [0, 0.1) is 10.8 Å². The Balaban J connectivity index is 2.56. The quantitative estimate of drug-likeness (QED) is 0.685. The molecule has 1 aliphatic carbocycles. The number of hydrogen-bond acceptors (Lipinski definition) is 1. The van der Waals surface area contributed by atoms with Crippen LogP contribution < -0.4 is 0 Å². The molecule has 88 valence electrons. The van der Waals surface area contributed by atoms with Crippen LogP contribution in [-0.2, 0) is 0 Å². The van der Waals surface area contributed by atoms with Gasteiger partial charge in [-0.1, -0.05) is 46.8 Å². The molecule has 1 rings (SSSR count). The van der Waals surface area contributed by atoms with Crippen LogP contribution in [0.2, 0.25) is 0 Å². The Morgan fingerprint density at radius 3 is 2.13 bits per heavy atom. The molecule has 1 atom stereocenters. The third kappa shape index (κ3) is 4.38. The lowest BCUT2D eigenvalue weighted by molar-refractivity contribution is 0.0415. The fraction of sp³-hybridized carbons (Fsp3) is 0.857. The molecule has 1 unspecified atom stereocenters. The van der Waals surface area contributed by atoms with E-state index in [0.29, 0.717) is 5.41 Å². The molecule has 0 spiro atoms. The second-order valence-electron chi connectivity index (χ2n) is 6.99. The lowest BCUT2D eigenvalue weighted by Gasteiger charge is -2.36. The predicted molar refractivity (Wildman–Crippen MR) is 65.8 cm³/mol. The molecule has 0 aromatic carbocycles. The molecular weight excluding hydrogens is 184 g/mol. The summed E-state index contributed by atoms with van der Waals surface area (Å²) in [5.74, 6) is 0. The van der Waals surface area contributed by atoms with E-state index in [2.05, 4.69) is 40.7 Å². The van der Waals surface area contributed by atoms with Crippen molar-refractivity contribution < 1.29 is 5.11 Å². The third-order valence-corrected chi connectivity index (χ3v) is 3.35. The van der Waals surface area contributed by atoms with Gasteiger partial charge in [0.2, 0.25) is 0 Å². The molecule has 0 aliphatic heterocycles. The zero-order valence-corrected chi connectivity index (χ0v) is 10.9. The summed E-state index contributed by atoms with van der Waals surface area (Å²) in [4.78, 5) is 0. The largest absolute Gasteiger partial charge is 0.386 e. The van der Waals surface area contributed by atoms with Gasteiger partial charge in [0, 0.05) is 0 Å². The number of aliphatic hydroxyl groups is 1. The van der Waals surface area contributed by atoms with E-state index in [1.165, 1.54) is 0 Å². The van der Waals surface area contributed by atoms with Gasteiger partial charge in [0.05, 0.1) is 5.60 Å². The van der Waals surface area contributed by atoms with Crippen molar-refractivity contribution in [2.24, 2.45) is 10.8 Å². The summed E-state index contributed by atoms with van der Waals surface area (Å²) in [5, 5.41) is 10.4. The van der Waals surface area contributed by atoms with Crippen LogP contribution in [-0.4, -0.2) is 10.7 Å². The van der Waals surface area contributed by atoms with E-state index in [0.717, 1.165) is 25.7 Å². The van der Waals surface area contributed by atoms with E-state index in [-0.39, 0.29) is 5.41 Å². The van der Waals surface area contributed by atoms with Crippen molar-refractivity contribution in [3.8, 4) is 0 Å². The van der Waals surface area contributed by atoms with E-state index < -0.39 is 5.60 Å². The van der Waals surface area contributed by atoms with Crippen molar-refractivity contribution in [1.82, 2.24) is 0 Å². The van der Waals surface area contributed by atoms with Gasteiger partial charge in [-0.2, -0.15) is 0 Å². The smallest absolute Gasteiger partial charge is 0.0828 e. The summed E-state index contributed by atoms with van der Waals surface area (Å²) >= 11 is 0. The number of hydrogen-bond donors (Lipinski definition) is 1. The van der Waals surface area contributed by atoms with Crippen molar-refractivity contribution in [3.63, 3.8) is 0 Å². The minimum atomic E-state index is -0.539. The van der Waals surface area contributed by atoms with E-state index in [1.807, 2.05) is 6.08 Å². The van der Waals surface area contributed by atoms with Crippen molar-refractivity contribution >= 4 is 0 Å². The number of rotatable bonds is 2. The zero-order valence-electron chi connectivity index (χ0n) is 10.9. The highest BCUT2D eigenvalue weighted by atomic mass is 16.3. The fourth-order valence-electron chi connectivity index (χ4n) is 1.89. The molecule has 1 heteroatoms. The van der Waals surface area contributed by atoms with Gasteiger partial charge in [0.15, 0.2) is 0 Å². The lowest BCUT2D eigenvalue weighted by Crippen LogP contribution is -2.33. The van der Waals surface area contributed by atoms with Crippen molar-refractivity contribution in [3.05, 3.63) is 12.2 Å². The van der Waals surface area contributed by atoms with Crippen LogP contribution in [0.1, 0.15) is 60.3 Å². The summed E-state index contributed by atoms with van der Waals surface area (Å²) in [5.41, 5.74) is 0.0489. The highest BCUT2D eigenvalue weighted by Gasteiger charge is 2.32. The zero-order chi connectivity index (χ0) is 11.7. The average Bonchev–Trinajstić information content (AvgIpc) is 2.07. The maximum Gasteiger partial charge on any atom is 0.0828 e. The number of allylic oxidation sites excluding steroid dienone is 1. The maximum absolute atomic E-state index is 10.4. The standard InChI is InChI=1S/C14H26O/c1-12(2,3)6-9-14(15)10-7-13(4,5)8-11-14/h7,10,15H,6,8-9,11H2,1-5H3. The van der Waals surface area contributed by atoms with Gasteiger partial charge < -0.3 is 5.11 Å². The first kappa shape index (κ1) is 12.8. The van der Waals surface area contributed by atoms with E-state index in [1.54, 1.807) is 0 Å². The molecule has 0 saturated carbocycles. The first-order valence-electron chi connectivity index (χ1n) is 6.05. The van der Waals surface area contributed by atoms with E-state index in [4.69, 9.17) is 0 Å². The molecule has 1 N–H and O–H groups in total. The Morgan fingerprint density at radius 2 is 1.73 bits per heavy atom. The monoisotopic (exact) mass is 210 g/mol. The molecule has 15 heavy (non-hydrogen) atoms. The molecule has 0 bridgehead atoms. The second kappa shape index (κ2) is 3.93. The normalized spacial score (nSPS) is 30.5. The molecule has 0 fully saturated rings. The summed E-state index contributed by atoms with van der Waals surface area (Å²) in [6, 6.07) is 0. The van der Waals surface area contributed by atoms with Gasteiger partial charge in [-0.05, 0) is 36.5 Å². The first-order chi connectivity index (χ1) is 6.62. The van der Waals surface area contributed by atoms with Crippen LogP contribution >= 0.6 is 0 Å². The first-order valence-corrected chi connectivity index (χ1v) is 6.05. The third-order valence-electron chi connectivity index (χ3n) is 3.35. The molecule has 0 aromatic rings. The maximum atomic E-state index is 10.4. The summed E-state index contributed by atoms with van der Waals surface area (Å²) in [6.07, 6.45) is 8.18. The van der Waals surface area contributed by atoms with Crippen LogP contribution in [0.4, 0.5) is 0 Å². The van der Waals surface area contributed by atoms with Crippen molar-refractivity contribution in [2.45, 2.75) is 65.9 Å². The molecule has 0 aromatic heterocycles. The summed E-state index contributed by atoms with van der Waals surface area (Å²) in [6.45, 7) is 11.1. The summed E-state index contributed by atoms with van der Waals surface area (Å²) in [7, 11) is 0. The van der Waals surface area contributed by atoms with Crippen molar-refractivity contribution in [1.29, 1.82) is 0 Å². The van der Waals surface area contributed by atoms with Gasteiger partial charge in [0.25, 0.3) is 0 Å². The highest BCUT2D eigenvalue weighted by molar-refractivity contribution is 5.11. The Bertz CT molecular complexity index is 245. The second-order valence-corrected chi connectivity index (χ2v) is 6.99.